The van der Waals surface area contributed by atoms with Crippen LogP contribution in [0.15, 0.2) is 54.6 Å². The van der Waals surface area contributed by atoms with E-state index in [1.807, 2.05) is 70.2 Å². The van der Waals surface area contributed by atoms with Crippen LogP contribution in [0.3, 0.4) is 0 Å². The summed E-state index contributed by atoms with van der Waals surface area (Å²) in [5.41, 5.74) is 1.61. The highest BCUT2D eigenvalue weighted by Crippen LogP contribution is 2.25. The number of nitrogens with one attached hydrogen (secondary N) is 1. The third kappa shape index (κ3) is 6.44. The molecule has 2 amide bonds. The Balaban J connectivity index is 2.02. The average molecular weight is 368 g/mol. The monoisotopic (exact) mass is 368 g/mol. The molecule has 0 saturated carbocycles. The van der Waals surface area contributed by atoms with Crippen molar-refractivity contribution in [2.45, 2.75) is 52.8 Å². The van der Waals surface area contributed by atoms with Crippen molar-refractivity contribution in [3.8, 4) is 5.75 Å². The van der Waals surface area contributed by atoms with Crippen LogP contribution in [0.25, 0.3) is 0 Å². The minimum absolute atomic E-state index is 0.00191. The summed E-state index contributed by atoms with van der Waals surface area (Å²) in [6.45, 7) is 8.23. The molecule has 1 N–H and O–H groups in total. The van der Waals surface area contributed by atoms with Crippen LogP contribution in [0.5, 0.6) is 5.75 Å². The van der Waals surface area contributed by atoms with E-state index in [-0.39, 0.29) is 30.4 Å². The van der Waals surface area contributed by atoms with Crippen LogP contribution in [0.4, 0.5) is 5.69 Å². The van der Waals surface area contributed by atoms with Gasteiger partial charge in [-0.15, -0.1) is 0 Å². The fraction of sp³-hybridized carbons (Fsp3) is 0.364. The third-order valence-electron chi connectivity index (χ3n) is 3.98. The Bertz CT molecular complexity index is 757. The Morgan fingerprint density at radius 2 is 1.59 bits per heavy atom. The summed E-state index contributed by atoms with van der Waals surface area (Å²) in [6, 6.07) is 17.0. The average Bonchev–Trinajstić information content (AvgIpc) is 2.61. The Kier molecular flexibility index (Phi) is 7.41. The molecule has 0 heterocycles. The van der Waals surface area contributed by atoms with Gasteiger partial charge in [0.05, 0.1) is 11.8 Å². The van der Waals surface area contributed by atoms with Crippen molar-refractivity contribution in [2.75, 3.05) is 5.32 Å². The second-order valence-corrected chi connectivity index (χ2v) is 6.99. The number of carbonyl (C=O) groups is 2. The molecule has 0 atom stereocenters. The first-order chi connectivity index (χ1) is 12.9. The Morgan fingerprint density at radius 3 is 2.22 bits per heavy atom. The first-order valence-corrected chi connectivity index (χ1v) is 9.25. The Morgan fingerprint density at radius 1 is 0.963 bits per heavy atom. The van der Waals surface area contributed by atoms with E-state index < -0.39 is 0 Å². The number of nitrogens with zero attached hydrogens (tertiary/aromatic N) is 1. The molecule has 2 aromatic rings. The van der Waals surface area contributed by atoms with Crippen molar-refractivity contribution in [1.82, 2.24) is 4.90 Å². The molecule has 0 bridgehead atoms. The van der Waals surface area contributed by atoms with E-state index in [4.69, 9.17) is 4.74 Å². The lowest BCUT2D eigenvalue weighted by atomic mass is 10.1. The van der Waals surface area contributed by atoms with Crippen LogP contribution >= 0.6 is 0 Å². The first kappa shape index (κ1) is 20.5. The van der Waals surface area contributed by atoms with Crippen molar-refractivity contribution in [2.24, 2.45) is 0 Å². The molecule has 0 aromatic heterocycles. The number of amides is 2. The van der Waals surface area contributed by atoms with E-state index in [9.17, 15) is 9.59 Å². The van der Waals surface area contributed by atoms with Gasteiger partial charge in [0, 0.05) is 12.6 Å². The Hall–Kier alpha value is -2.82. The van der Waals surface area contributed by atoms with E-state index in [1.165, 1.54) is 0 Å². The van der Waals surface area contributed by atoms with E-state index in [1.54, 1.807) is 17.0 Å². The molecule has 0 fully saturated rings. The van der Waals surface area contributed by atoms with Crippen LogP contribution in [-0.4, -0.2) is 28.9 Å². The third-order valence-corrected chi connectivity index (χ3v) is 3.98. The van der Waals surface area contributed by atoms with Crippen molar-refractivity contribution in [3.05, 3.63) is 60.2 Å². The molecule has 5 heteroatoms. The number of rotatable bonds is 8. The largest absolute Gasteiger partial charge is 0.489 e. The number of ether oxygens (including phenoxy) is 1. The van der Waals surface area contributed by atoms with Crippen LogP contribution in [0, 0.1) is 0 Å². The summed E-state index contributed by atoms with van der Waals surface area (Å²) in [4.78, 5) is 26.8. The van der Waals surface area contributed by atoms with Crippen molar-refractivity contribution in [3.63, 3.8) is 0 Å². The maximum atomic E-state index is 12.7. The predicted octanol–water partition coefficient (Wildman–Crippen LogP) is 4.24. The topological polar surface area (TPSA) is 58.6 Å². The smallest absolute Gasteiger partial charge is 0.233 e. The molecule has 5 nitrogen and oxygen atoms in total. The molecular weight excluding hydrogens is 340 g/mol. The van der Waals surface area contributed by atoms with Gasteiger partial charge in [-0.2, -0.15) is 0 Å². The zero-order chi connectivity index (χ0) is 19.8. The summed E-state index contributed by atoms with van der Waals surface area (Å²) >= 11 is 0. The van der Waals surface area contributed by atoms with Gasteiger partial charge in [0.2, 0.25) is 11.8 Å². The van der Waals surface area contributed by atoms with Crippen LogP contribution in [-0.2, 0) is 16.1 Å². The highest BCUT2D eigenvalue weighted by molar-refractivity contribution is 6.04. The minimum atomic E-state index is -0.349. The molecule has 0 aliphatic rings. The number of carbonyl (C=O) groups excluding carboxylic acids is 2. The standard InChI is InChI=1S/C22H28N2O3/c1-16(2)24(15-18-10-6-5-7-11-18)22(26)14-21(25)23-19-12-8-9-13-20(19)27-17(3)4/h5-13,16-17H,14-15H2,1-4H3,(H,23,25). The van der Waals surface area contributed by atoms with E-state index in [0.29, 0.717) is 18.0 Å². The first-order valence-electron chi connectivity index (χ1n) is 9.25. The highest BCUT2D eigenvalue weighted by atomic mass is 16.5. The van der Waals surface area contributed by atoms with Crippen LogP contribution in [0.2, 0.25) is 0 Å². The van der Waals surface area contributed by atoms with Crippen LogP contribution in [0.1, 0.15) is 39.7 Å². The summed E-state index contributed by atoms with van der Waals surface area (Å²) in [6.07, 6.45) is -0.215. The molecule has 0 unspecified atom stereocenters. The maximum Gasteiger partial charge on any atom is 0.233 e. The van der Waals surface area contributed by atoms with Crippen LogP contribution < -0.4 is 10.1 Å². The number of benzene rings is 2. The molecule has 27 heavy (non-hydrogen) atoms. The molecule has 0 saturated heterocycles. The Labute approximate surface area is 161 Å². The van der Waals surface area contributed by atoms with Crippen molar-refractivity contribution < 1.29 is 14.3 Å². The van der Waals surface area contributed by atoms with Gasteiger partial charge < -0.3 is 15.0 Å². The van der Waals surface area contributed by atoms with Gasteiger partial charge in [0.15, 0.2) is 0 Å². The minimum Gasteiger partial charge on any atom is -0.489 e. The zero-order valence-electron chi connectivity index (χ0n) is 16.4. The van der Waals surface area contributed by atoms with Crippen molar-refractivity contribution in [1.29, 1.82) is 0 Å². The normalized spacial score (nSPS) is 10.7. The van der Waals surface area contributed by atoms with Gasteiger partial charge in [0.25, 0.3) is 0 Å². The van der Waals surface area contributed by atoms with Gasteiger partial charge in [-0.05, 0) is 45.4 Å². The second kappa shape index (κ2) is 9.76. The fourth-order valence-corrected chi connectivity index (χ4v) is 2.70. The summed E-state index contributed by atoms with van der Waals surface area (Å²) < 4.78 is 5.71. The summed E-state index contributed by atoms with van der Waals surface area (Å²) in [5, 5.41) is 2.79. The fourth-order valence-electron chi connectivity index (χ4n) is 2.70. The molecule has 0 spiro atoms. The molecular formula is C22H28N2O3. The van der Waals surface area contributed by atoms with Gasteiger partial charge in [-0.1, -0.05) is 42.5 Å². The molecule has 144 valence electrons. The second-order valence-electron chi connectivity index (χ2n) is 6.99. The van der Waals surface area contributed by atoms with Crippen molar-refractivity contribution >= 4 is 17.5 Å². The number of anilines is 1. The lowest BCUT2D eigenvalue weighted by molar-refractivity contribution is -0.136. The lowest BCUT2D eigenvalue weighted by Gasteiger charge is -2.27. The quantitative estimate of drug-likeness (QED) is 0.709. The number of hydrogen-bond acceptors (Lipinski definition) is 3. The number of para-hydroxylation sites is 2. The molecule has 0 aliphatic carbocycles. The van der Waals surface area contributed by atoms with E-state index in [0.717, 1.165) is 5.56 Å². The van der Waals surface area contributed by atoms with E-state index >= 15 is 0 Å². The van der Waals surface area contributed by atoms with Gasteiger partial charge in [-0.3, -0.25) is 9.59 Å². The lowest BCUT2D eigenvalue weighted by Crippen LogP contribution is -2.38. The van der Waals surface area contributed by atoms with Gasteiger partial charge in [0.1, 0.15) is 12.2 Å². The van der Waals surface area contributed by atoms with Gasteiger partial charge >= 0.3 is 0 Å². The maximum absolute atomic E-state index is 12.7. The molecule has 0 radical (unpaired) electrons. The number of hydrogen-bond donors (Lipinski definition) is 1. The zero-order valence-corrected chi connectivity index (χ0v) is 16.4. The molecule has 0 aliphatic heterocycles. The van der Waals surface area contributed by atoms with E-state index in [2.05, 4.69) is 5.32 Å². The predicted molar refractivity (Wildman–Crippen MR) is 108 cm³/mol. The summed E-state index contributed by atoms with van der Waals surface area (Å²) in [7, 11) is 0. The van der Waals surface area contributed by atoms with Gasteiger partial charge in [-0.25, -0.2) is 0 Å². The summed E-state index contributed by atoms with van der Waals surface area (Å²) in [5.74, 6) is 0.0467. The molecule has 2 aromatic carbocycles. The SMILES string of the molecule is CC(C)Oc1ccccc1NC(=O)CC(=O)N(Cc1ccccc1)C(C)C. The highest BCUT2D eigenvalue weighted by Gasteiger charge is 2.21. The molecule has 2 rings (SSSR count).